The smallest absolute Gasteiger partial charge is 0.253 e. The van der Waals surface area contributed by atoms with Crippen molar-refractivity contribution >= 4 is 27.3 Å². The fourth-order valence-corrected chi connectivity index (χ4v) is 5.98. The van der Waals surface area contributed by atoms with Crippen molar-refractivity contribution in [3.8, 4) is 0 Å². The summed E-state index contributed by atoms with van der Waals surface area (Å²) in [5, 5.41) is 1.68. The maximum absolute atomic E-state index is 13.4. The number of hydrogen-bond donors (Lipinski definition) is 0. The van der Waals surface area contributed by atoms with Crippen molar-refractivity contribution in [1.29, 1.82) is 0 Å². The number of benzene rings is 1. The predicted molar refractivity (Wildman–Crippen MR) is 98.7 cm³/mol. The van der Waals surface area contributed by atoms with E-state index in [-0.39, 0.29) is 23.2 Å². The van der Waals surface area contributed by atoms with Gasteiger partial charge in [-0.25, -0.2) is 17.2 Å². The molecule has 0 saturated carbocycles. The number of piperidine rings is 1. The highest BCUT2D eigenvalue weighted by molar-refractivity contribution is 7.91. The number of carbonyl (C=O) groups excluding carboxylic acids is 1. The highest BCUT2D eigenvalue weighted by atomic mass is 32.2. The summed E-state index contributed by atoms with van der Waals surface area (Å²) in [7, 11) is -2.20. The van der Waals surface area contributed by atoms with Crippen LogP contribution < -0.4 is 0 Å². The maximum atomic E-state index is 13.4. The Morgan fingerprint density at radius 1 is 1.26 bits per heavy atom. The van der Waals surface area contributed by atoms with E-state index in [2.05, 4.69) is 0 Å². The van der Waals surface area contributed by atoms with Crippen LogP contribution in [0.1, 0.15) is 24.8 Å². The third-order valence-electron chi connectivity index (χ3n) is 4.58. The molecule has 1 aromatic heterocycles. The highest BCUT2D eigenvalue weighted by Gasteiger charge is 2.39. The van der Waals surface area contributed by atoms with E-state index in [4.69, 9.17) is 0 Å². The van der Waals surface area contributed by atoms with Gasteiger partial charge in [-0.05, 0) is 42.0 Å². The van der Waals surface area contributed by atoms with Crippen LogP contribution in [0.3, 0.4) is 0 Å². The summed E-state index contributed by atoms with van der Waals surface area (Å²) in [5.41, 5.74) is 0.438. The molecule has 1 aliphatic heterocycles. The Morgan fingerprint density at radius 3 is 2.70 bits per heavy atom. The van der Waals surface area contributed by atoms with Crippen LogP contribution in [-0.4, -0.2) is 43.2 Å². The average Bonchev–Trinajstić information content (AvgIpc) is 3.20. The molecule has 1 unspecified atom stereocenters. The second-order valence-electron chi connectivity index (χ2n) is 6.50. The average molecular weight is 414 g/mol. The normalized spacial score (nSPS) is 18.4. The van der Waals surface area contributed by atoms with Gasteiger partial charge in [-0.3, -0.25) is 4.79 Å². The summed E-state index contributed by atoms with van der Waals surface area (Å²) >= 11 is 1.12. The van der Waals surface area contributed by atoms with Gasteiger partial charge in [-0.1, -0.05) is 18.6 Å². The molecule has 0 aliphatic carbocycles. The fourth-order valence-electron chi connectivity index (χ4n) is 3.21. The van der Waals surface area contributed by atoms with Crippen molar-refractivity contribution in [2.45, 2.75) is 36.1 Å². The van der Waals surface area contributed by atoms with Crippen LogP contribution in [-0.2, 0) is 21.4 Å². The molecule has 146 valence electrons. The van der Waals surface area contributed by atoms with E-state index in [1.54, 1.807) is 11.4 Å². The van der Waals surface area contributed by atoms with Crippen molar-refractivity contribution < 1.29 is 22.0 Å². The summed E-state index contributed by atoms with van der Waals surface area (Å²) < 4.78 is 53.8. The van der Waals surface area contributed by atoms with Crippen molar-refractivity contribution in [2.75, 3.05) is 13.6 Å². The quantitative estimate of drug-likeness (QED) is 0.755. The van der Waals surface area contributed by atoms with E-state index in [0.717, 1.165) is 29.9 Å². The first-order valence-corrected chi connectivity index (χ1v) is 10.9. The van der Waals surface area contributed by atoms with Gasteiger partial charge in [0.1, 0.15) is 10.3 Å². The number of likely N-dealkylation sites (N-methyl/N-ethyl adjacent to an activating group) is 1. The van der Waals surface area contributed by atoms with E-state index in [1.165, 1.54) is 28.4 Å². The molecule has 0 radical (unpaired) electrons. The van der Waals surface area contributed by atoms with E-state index in [1.807, 2.05) is 0 Å². The van der Waals surface area contributed by atoms with E-state index >= 15 is 0 Å². The zero-order valence-corrected chi connectivity index (χ0v) is 16.4. The number of rotatable bonds is 5. The molecule has 27 heavy (non-hydrogen) atoms. The number of hydrogen-bond acceptors (Lipinski definition) is 4. The lowest BCUT2D eigenvalue weighted by Gasteiger charge is -2.35. The minimum Gasteiger partial charge on any atom is -0.340 e. The molecule has 1 fully saturated rings. The van der Waals surface area contributed by atoms with Crippen LogP contribution in [0.15, 0.2) is 39.9 Å². The molecule has 3 rings (SSSR count). The van der Waals surface area contributed by atoms with Gasteiger partial charge >= 0.3 is 0 Å². The second kappa shape index (κ2) is 8.04. The first-order chi connectivity index (χ1) is 12.8. The topological polar surface area (TPSA) is 57.7 Å². The Morgan fingerprint density at radius 2 is 2.04 bits per heavy atom. The summed E-state index contributed by atoms with van der Waals surface area (Å²) in [4.78, 5) is 14.3. The molecule has 9 heteroatoms. The second-order valence-corrected chi connectivity index (χ2v) is 9.57. The summed E-state index contributed by atoms with van der Waals surface area (Å²) in [6.07, 6.45) is 1.89. The first kappa shape index (κ1) is 19.9. The minimum absolute atomic E-state index is 0.0689. The lowest BCUT2D eigenvalue weighted by molar-refractivity contribution is -0.135. The fraction of sp³-hybridized carbons (Fsp3) is 0.389. The molecule has 1 amide bonds. The predicted octanol–water partition coefficient (Wildman–Crippen LogP) is 3.23. The molecule has 1 aliphatic rings. The van der Waals surface area contributed by atoms with Gasteiger partial charge in [0.15, 0.2) is 11.6 Å². The van der Waals surface area contributed by atoms with Gasteiger partial charge in [0, 0.05) is 20.1 Å². The monoisotopic (exact) mass is 414 g/mol. The van der Waals surface area contributed by atoms with Gasteiger partial charge < -0.3 is 4.90 Å². The van der Waals surface area contributed by atoms with Crippen molar-refractivity contribution in [3.63, 3.8) is 0 Å². The molecule has 0 bridgehead atoms. The summed E-state index contributed by atoms with van der Waals surface area (Å²) in [6, 6.07) is 5.86. The van der Waals surface area contributed by atoms with Crippen LogP contribution in [0.2, 0.25) is 0 Å². The minimum atomic E-state index is -3.74. The Hall–Kier alpha value is -1.84. The van der Waals surface area contributed by atoms with Gasteiger partial charge in [-0.2, -0.15) is 4.31 Å². The molecule has 2 heterocycles. The van der Waals surface area contributed by atoms with E-state index in [9.17, 15) is 22.0 Å². The molecule has 0 N–H and O–H groups in total. The van der Waals surface area contributed by atoms with Gasteiger partial charge in [0.25, 0.3) is 10.0 Å². The Balaban J connectivity index is 1.79. The lowest BCUT2D eigenvalue weighted by atomic mass is 10.0. The van der Waals surface area contributed by atoms with Crippen molar-refractivity contribution in [2.24, 2.45) is 0 Å². The SMILES string of the molecule is CN(Cc1ccc(F)c(F)c1)C(=O)C1CCCCN1S(=O)(=O)c1cccs1. The third-order valence-corrected chi connectivity index (χ3v) is 7.86. The number of carbonyl (C=O) groups is 1. The standard InChI is InChI=1S/C18H20F2N2O3S2/c1-21(12-13-7-8-14(19)15(20)11-13)18(23)16-5-2-3-9-22(16)27(24,25)17-6-4-10-26-17/h4,6-8,10-11,16H,2-3,5,9,12H2,1H3. The number of halogens is 2. The van der Waals surface area contributed by atoms with Crippen LogP contribution in [0.25, 0.3) is 0 Å². The van der Waals surface area contributed by atoms with E-state index in [0.29, 0.717) is 18.4 Å². The Kier molecular flexibility index (Phi) is 5.92. The molecule has 1 atom stereocenters. The third kappa shape index (κ3) is 4.20. The van der Waals surface area contributed by atoms with Crippen LogP contribution in [0.5, 0.6) is 0 Å². The van der Waals surface area contributed by atoms with Crippen LogP contribution in [0, 0.1) is 11.6 Å². The Bertz CT molecular complexity index is 917. The summed E-state index contributed by atoms with van der Waals surface area (Å²) in [5.74, 6) is -2.28. The molecule has 1 aromatic carbocycles. The molecule has 2 aromatic rings. The number of nitrogens with zero attached hydrogens (tertiary/aromatic N) is 2. The number of sulfonamides is 1. The van der Waals surface area contributed by atoms with Gasteiger partial charge in [-0.15, -0.1) is 11.3 Å². The maximum Gasteiger partial charge on any atom is 0.253 e. The number of thiophene rings is 1. The Labute approximate surface area is 161 Å². The molecular weight excluding hydrogens is 394 g/mol. The zero-order chi connectivity index (χ0) is 19.6. The molecule has 1 saturated heterocycles. The first-order valence-electron chi connectivity index (χ1n) is 8.55. The molecule has 0 spiro atoms. The lowest BCUT2D eigenvalue weighted by Crippen LogP contribution is -2.51. The van der Waals surface area contributed by atoms with Crippen molar-refractivity contribution in [1.82, 2.24) is 9.21 Å². The van der Waals surface area contributed by atoms with Gasteiger partial charge in [0.2, 0.25) is 5.91 Å². The van der Waals surface area contributed by atoms with Crippen LogP contribution in [0.4, 0.5) is 8.78 Å². The zero-order valence-electron chi connectivity index (χ0n) is 14.8. The molecule has 5 nitrogen and oxygen atoms in total. The van der Waals surface area contributed by atoms with Crippen LogP contribution >= 0.6 is 11.3 Å². The number of amides is 1. The summed E-state index contributed by atoms with van der Waals surface area (Å²) in [6.45, 7) is 0.356. The molecular formula is C18H20F2N2O3S2. The van der Waals surface area contributed by atoms with E-state index < -0.39 is 27.7 Å². The largest absolute Gasteiger partial charge is 0.340 e. The highest BCUT2D eigenvalue weighted by Crippen LogP contribution is 2.29. The van der Waals surface area contributed by atoms with Crippen molar-refractivity contribution in [3.05, 3.63) is 52.9 Å². The van der Waals surface area contributed by atoms with Gasteiger partial charge in [0.05, 0.1) is 0 Å².